The maximum absolute atomic E-state index is 12.0. The van der Waals surface area contributed by atoms with Gasteiger partial charge in [0.05, 0.1) is 0 Å². The number of likely N-dealkylation sites (tertiary alicyclic amines) is 1. The van der Waals surface area contributed by atoms with Gasteiger partial charge in [0.15, 0.2) is 5.76 Å². The van der Waals surface area contributed by atoms with E-state index >= 15 is 0 Å². The summed E-state index contributed by atoms with van der Waals surface area (Å²) in [5, 5.41) is 0. The van der Waals surface area contributed by atoms with Gasteiger partial charge >= 0.3 is 0 Å². The SMILES string of the molecule is Cc1cc(C)c(C(=O)N2CC[C@H](N)C2)o1. The van der Waals surface area contributed by atoms with E-state index in [0.717, 1.165) is 24.3 Å². The number of hydrogen-bond acceptors (Lipinski definition) is 3. The summed E-state index contributed by atoms with van der Waals surface area (Å²) in [4.78, 5) is 13.8. The van der Waals surface area contributed by atoms with Crippen molar-refractivity contribution in [2.75, 3.05) is 13.1 Å². The average molecular weight is 208 g/mol. The van der Waals surface area contributed by atoms with Crippen molar-refractivity contribution in [3.05, 3.63) is 23.2 Å². The Morgan fingerprint density at radius 1 is 1.60 bits per heavy atom. The molecular weight excluding hydrogens is 192 g/mol. The summed E-state index contributed by atoms with van der Waals surface area (Å²) in [6.07, 6.45) is 0.879. The molecule has 1 aliphatic heterocycles. The van der Waals surface area contributed by atoms with Gasteiger partial charge in [0.25, 0.3) is 5.91 Å². The number of hydrogen-bond donors (Lipinski definition) is 1. The highest BCUT2D eigenvalue weighted by Gasteiger charge is 2.27. The molecule has 0 aliphatic carbocycles. The lowest BCUT2D eigenvalue weighted by molar-refractivity contribution is 0.0757. The zero-order valence-corrected chi connectivity index (χ0v) is 9.12. The van der Waals surface area contributed by atoms with E-state index in [1.54, 1.807) is 4.90 Å². The number of nitrogens with zero attached hydrogens (tertiary/aromatic N) is 1. The molecule has 0 radical (unpaired) electrons. The van der Waals surface area contributed by atoms with Gasteiger partial charge < -0.3 is 15.1 Å². The van der Waals surface area contributed by atoms with Crippen molar-refractivity contribution >= 4 is 5.91 Å². The molecule has 82 valence electrons. The standard InChI is InChI=1S/C11H16N2O2/c1-7-5-8(2)15-10(7)11(14)13-4-3-9(12)6-13/h5,9H,3-4,6,12H2,1-2H3/t9-/m0/s1. The Balaban J connectivity index is 2.17. The topological polar surface area (TPSA) is 59.5 Å². The molecule has 4 nitrogen and oxygen atoms in total. The van der Waals surface area contributed by atoms with E-state index in [1.807, 2.05) is 19.9 Å². The van der Waals surface area contributed by atoms with Gasteiger partial charge in [-0.3, -0.25) is 4.79 Å². The molecule has 1 aliphatic rings. The van der Waals surface area contributed by atoms with Crippen LogP contribution in [0.4, 0.5) is 0 Å². The molecule has 2 rings (SSSR count). The van der Waals surface area contributed by atoms with Crippen LogP contribution in [0.15, 0.2) is 10.5 Å². The molecule has 4 heteroatoms. The van der Waals surface area contributed by atoms with Crippen molar-refractivity contribution in [3.8, 4) is 0 Å². The monoisotopic (exact) mass is 208 g/mol. The summed E-state index contributed by atoms with van der Waals surface area (Å²) < 4.78 is 5.39. The van der Waals surface area contributed by atoms with Gasteiger partial charge in [0.1, 0.15) is 5.76 Å². The molecule has 1 aromatic rings. The van der Waals surface area contributed by atoms with Crippen molar-refractivity contribution in [2.45, 2.75) is 26.3 Å². The Hall–Kier alpha value is -1.29. The van der Waals surface area contributed by atoms with Crippen LogP contribution in [0.2, 0.25) is 0 Å². The number of carbonyl (C=O) groups excluding carboxylic acids is 1. The highest BCUT2D eigenvalue weighted by atomic mass is 16.4. The number of carbonyl (C=O) groups is 1. The van der Waals surface area contributed by atoms with Crippen LogP contribution < -0.4 is 5.73 Å². The van der Waals surface area contributed by atoms with Crippen molar-refractivity contribution < 1.29 is 9.21 Å². The lowest BCUT2D eigenvalue weighted by Gasteiger charge is -2.14. The van der Waals surface area contributed by atoms with Crippen LogP contribution in [0.1, 0.15) is 28.3 Å². The zero-order chi connectivity index (χ0) is 11.0. The van der Waals surface area contributed by atoms with Gasteiger partial charge in [-0.05, 0) is 26.3 Å². The third-order valence-corrected chi connectivity index (χ3v) is 2.75. The molecule has 0 bridgehead atoms. The van der Waals surface area contributed by atoms with Crippen molar-refractivity contribution in [3.63, 3.8) is 0 Å². The molecule has 0 unspecified atom stereocenters. The quantitative estimate of drug-likeness (QED) is 0.751. The van der Waals surface area contributed by atoms with E-state index in [2.05, 4.69) is 0 Å². The predicted octanol–water partition coefficient (Wildman–Crippen LogP) is 1.07. The zero-order valence-electron chi connectivity index (χ0n) is 9.12. The summed E-state index contributed by atoms with van der Waals surface area (Å²) >= 11 is 0. The molecule has 2 heterocycles. The first-order valence-electron chi connectivity index (χ1n) is 5.20. The molecule has 1 aromatic heterocycles. The second kappa shape index (κ2) is 3.70. The number of aryl methyl sites for hydroxylation is 2. The fraction of sp³-hybridized carbons (Fsp3) is 0.545. The lowest BCUT2D eigenvalue weighted by Crippen LogP contribution is -2.31. The second-order valence-electron chi connectivity index (χ2n) is 4.17. The molecule has 15 heavy (non-hydrogen) atoms. The summed E-state index contributed by atoms with van der Waals surface area (Å²) in [5.74, 6) is 1.20. The smallest absolute Gasteiger partial charge is 0.289 e. The third-order valence-electron chi connectivity index (χ3n) is 2.75. The largest absolute Gasteiger partial charge is 0.456 e. The molecule has 1 atom stereocenters. The number of furan rings is 1. The first-order chi connectivity index (χ1) is 7.08. The van der Waals surface area contributed by atoms with Gasteiger partial charge in [-0.1, -0.05) is 0 Å². The Labute approximate surface area is 89.0 Å². The Kier molecular flexibility index (Phi) is 2.52. The molecular formula is C11H16N2O2. The van der Waals surface area contributed by atoms with E-state index in [1.165, 1.54) is 0 Å². The summed E-state index contributed by atoms with van der Waals surface area (Å²) in [6.45, 7) is 5.11. The minimum absolute atomic E-state index is 0.0337. The molecule has 1 saturated heterocycles. The molecule has 1 amide bonds. The van der Waals surface area contributed by atoms with Crippen LogP contribution in [-0.2, 0) is 0 Å². The van der Waals surface area contributed by atoms with Crippen LogP contribution in [0.3, 0.4) is 0 Å². The Morgan fingerprint density at radius 3 is 2.80 bits per heavy atom. The van der Waals surface area contributed by atoms with Crippen LogP contribution in [0, 0.1) is 13.8 Å². The number of nitrogens with two attached hydrogens (primary N) is 1. The van der Waals surface area contributed by atoms with Crippen molar-refractivity contribution in [1.29, 1.82) is 0 Å². The second-order valence-corrected chi connectivity index (χ2v) is 4.17. The van der Waals surface area contributed by atoms with Gasteiger partial charge in [-0.25, -0.2) is 0 Å². The highest BCUT2D eigenvalue weighted by molar-refractivity contribution is 5.93. The molecule has 0 saturated carbocycles. The van der Waals surface area contributed by atoms with E-state index < -0.39 is 0 Å². The minimum atomic E-state index is -0.0337. The Bertz CT molecular complexity index is 384. The van der Waals surface area contributed by atoms with Crippen LogP contribution in [0.5, 0.6) is 0 Å². The van der Waals surface area contributed by atoms with E-state index in [9.17, 15) is 4.79 Å². The molecule has 2 N–H and O–H groups in total. The number of rotatable bonds is 1. The fourth-order valence-corrected chi connectivity index (χ4v) is 1.97. The van der Waals surface area contributed by atoms with Gasteiger partial charge in [0, 0.05) is 24.7 Å². The first kappa shape index (κ1) is 10.2. The van der Waals surface area contributed by atoms with Crippen LogP contribution in [0.25, 0.3) is 0 Å². The third kappa shape index (κ3) is 1.90. The summed E-state index contributed by atoms with van der Waals surface area (Å²) in [7, 11) is 0. The minimum Gasteiger partial charge on any atom is -0.456 e. The Morgan fingerprint density at radius 2 is 2.33 bits per heavy atom. The predicted molar refractivity (Wildman–Crippen MR) is 56.7 cm³/mol. The van der Waals surface area contributed by atoms with Crippen LogP contribution in [-0.4, -0.2) is 29.9 Å². The summed E-state index contributed by atoms with van der Waals surface area (Å²) in [6, 6.07) is 1.99. The molecule has 0 spiro atoms. The van der Waals surface area contributed by atoms with Gasteiger partial charge in [0.2, 0.25) is 0 Å². The van der Waals surface area contributed by atoms with E-state index in [4.69, 9.17) is 10.2 Å². The lowest BCUT2D eigenvalue weighted by atomic mass is 10.2. The average Bonchev–Trinajstić information content (AvgIpc) is 2.71. The van der Waals surface area contributed by atoms with Crippen molar-refractivity contribution in [1.82, 2.24) is 4.90 Å². The summed E-state index contributed by atoms with van der Waals surface area (Å²) in [5.41, 5.74) is 6.66. The molecule has 0 aromatic carbocycles. The maximum atomic E-state index is 12.0. The van der Waals surface area contributed by atoms with Gasteiger partial charge in [-0.15, -0.1) is 0 Å². The normalized spacial score (nSPS) is 21.0. The van der Waals surface area contributed by atoms with Crippen LogP contribution >= 0.6 is 0 Å². The molecule has 1 fully saturated rings. The highest BCUT2D eigenvalue weighted by Crippen LogP contribution is 2.18. The van der Waals surface area contributed by atoms with Crippen molar-refractivity contribution in [2.24, 2.45) is 5.73 Å². The van der Waals surface area contributed by atoms with E-state index in [-0.39, 0.29) is 11.9 Å². The van der Waals surface area contributed by atoms with E-state index in [0.29, 0.717) is 12.3 Å². The maximum Gasteiger partial charge on any atom is 0.289 e. The first-order valence-corrected chi connectivity index (χ1v) is 5.20. The number of amides is 1. The van der Waals surface area contributed by atoms with Gasteiger partial charge in [-0.2, -0.15) is 0 Å². The fourth-order valence-electron chi connectivity index (χ4n) is 1.97.